The van der Waals surface area contributed by atoms with Crippen molar-refractivity contribution in [3.63, 3.8) is 0 Å². The van der Waals surface area contributed by atoms with Crippen molar-refractivity contribution in [3.8, 4) is 0 Å². The number of hydrogen-bond acceptors (Lipinski definition) is 2. The molecule has 0 aromatic rings. The van der Waals surface area contributed by atoms with Gasteiger partial charge in [-0.15, -0.1) is 0 Å². The summed E-state index contributed by atoms with van der Waals surface area (Å²) in [5.74, 6) is 0.637. The van der Waals surface area contributed by atoms with Gasteiger partial charge in [-0.25, -0.2) is 0 Å². The molecule has 0 aliphatic heterocycles. The van der Waals surface area contributed by atoms with Crippen LogP contribution < -0.4 is 0 Å². The lowest BCUT2D eigenvalue weighted by Gasteiger charge is -2.27. The highest BCUT2D eigenvalue weighted by Gasteiger charge is 2.33. The van der Waals surface area contributed by atoms with Gasteiger partial charge in [-0.3, -0.25) is 0 Å². The van der Waals surface area contributed by atoms with Crippen molar-refractivity contribution in [1.82, 2.24) is 0 Å². The summed E-state index contributed by atoms with van der Waals surface area (Å²) >= 11 is 0. The molecule has 2 heteroatoms. The Morgan fingerprint density at radius 2 is 2.08 bits per heavy atom. The maximum absolute atomic E-state index is 9.63. The van der Waals surface area contributed by atoms with Gasteiger partial charge >= 0.3 is 0 Å². The topological polar surface area (TPSA) is 40.5 Å². The van der Waals surface area contributed by atoms with Crippen molar-refractivity contribution in [2.45, 2.75) is 51.7 Å². The van der Waals surface area contributed by atoms with Crippen molar-refractivity contribution in [3.05, 3.63) is 0 Å². The molecule has 0 radical (unpaired) electrons. The van der Waals surface area contributed by atoms with Gasteiger partial charge in [0.15, 0.2) is 0 Å². The number of aliphatic hydroxyl groups is 2. The molecule has 0 spiro atoms. The van der Waals surface area contributed by atoms with Crippen molar-refractivity contribution >= 4 is 0 Å². The van der Waals surface area contributed by atoms with Gasteiger partial charge in [0.1, 0.15) is 0 Å². The predicted octanol–water partition coefficient (Wildman–Crippen LogP) is 1.55. The Labute approximate surface area is 74.6 Å². The zero-order valence-electron chi connectivity index (χ0n) is 8.03. The van der Waals surface area contributed by atoms with E-state index in [1.54, 1.807) is 0 Å². The second kappa shape index (κ2) is 4.24. The molecule has 2 N–H and O–H groups in total. The van der Waals surface area contributed by atoms with Crippen LogP contribution in [0.2, 0.25) is 0 Å². The number of rotatable bonds is 3. The zero-order chi connectivity index (χ0) is 9.14. The molecule has 0 amide bonds. The smallest absolute Gasteiger partial charge is 0.0572 e. The first-order valence-corrected chi connectivity index (χ1v) is 5.03. The molecule has 0 bridgehead atoms. The van der Waals surface area contributed by atoms with Crippen LogP contribution in [0.15, 0.2) is 0 Å². The Morgan fingerprint density at radius 1 is 1.42 bits per heavy atom. The van der Waals surface area contributed by atoms with Gasteiger partial charge in [-0.1, -0.05) is 19.8 Å². The van der Waals surface area contributed by atoms with E-state index in [0.29, 0.717) is 11.8 Å². The molecule has 2 nitrogen and oxygen atoms in total. The van der Waals surface area contributed by atoms with E-state index in [-0.39, 0.29) is 12.2 Å². The Balaban J connectivity index is 2.52. The Morgan fingerprint density at radius 3 is 2.42 bits per heavy atom. The average Bonchev–Trinajstić information content (AvgIpc) is 2.38. The fourth-order valence-corrected chi connectivity index (χ4v) is 2.47. The van der Waals surface area contributed by atoms with Crippen LogP contribution in [0, 0.1) is 11.8 Å². The normalized spacial score (nSPS) is 35.0. The van der Waals surface area contributed by atoms with Gasteiger partial charge in [-0.05, 0) is 31.6 Å². The highest BCUT2D eigenvalue weighted by molar-refractivity contribution is 4.84. The number of hydrogen-bond donors (Lipinski definition) is 2. The van der Waals surface area contributed by atoms with Crippen LogP contribution in [-0.4, -0.2) is 22.4 Å². The molecule has 4 unspecified atom stereocenters. The zero-order valence-corrected chi connectivity index (χ0v) is 8.03. The molecular formula is C10H20O2. The Bertz CT molecular complexity index is 134. The van der Waals surface area contributed by atoms with Crippen LogP contribution in [0.4, 0.5) is 0 Å². The molecule has 4 atom stereocenters. The SMILES string of the molecule is CCC(C(C)O)C1CCCC1O. The van der Waals surface area contributed by atoms with Crippen molar-refractivity contribution < 1.29 is 10.2 Å². The predicted molar refractivity (Wildman–Crippen MR) is 48.8 cm³/mol. The minimum Gasteiger partial charge on any atom is -0.393 e. The highest BCUT2D eigenvalue weighted by Crippen LogP contribution is 2.35. The first-order valence-electron chi connectivity index (χ1n) is 5.03. The van der Waals surface area contributed by atoms with Crippen LogP contribution in [0.25, 0.3) is 0 Å². The molecule has 0 saturated heterocycles. The van der Waals surface area contributed by atoms with Gasteiger partial charge < -0.3 is 10.2 Å². The summed E-state index contributed by atoms with van der Waals surface area (Å²) in [5, 5.41) is 19.1. The quantitative estimate of drug-likeness (QED) is 0.678. The Kier molecular flexibility index (Phi) is 3.53. The Hall–Kier alpha value is -0.0800. The molecule has 12 heavy (non-hydrogen) atoms. The fourth-order valence-electron chi connectivity index (χ4n) is 2.47. The average molecular weight is 172 g/mol. The third kappa shape index (κ3) is 1.99. The molecule has 0 aromatic carbocycles. The number of aliphatic hydroxyl groups excluding tert-OH is 2. The first-order chi connectivity index (χ1) is 5.66. The molecule has 0 aromatic heterocycles. The summed E-state index contributed by atoms with van der Waals surface area (Å²) in [6.07, 6.45) is 3.67. The summed E-state index contributed by atoms with van der Waals surface area (Å²) in [6.45, 7) is 3.92. The molecule has 1 aliphatic rings. The maximum Gasteiger partial charge on any atom is 0.0572 e. The van der Waals surface area contributed by atoms with Gasteiger partial charge in [0.05, 0.1) is 12.2 Å². The fraction of sp³-hybridized carbons (Fsp3) is 1.00. The molecular weight excluding hydrogens is 152 g/mol. The van der Waals surface area contributed by atoms with E-state index in [1.165, 1.54) is 0 Å². The van der Waals surface area contributed by atoms with E-state index in [4.69, 9.17) is 0 Å². The molecule has 1 saturated carbocycles. The third-order valence-electron chi connectivity index (χ3n) is 3.17. The third-order valence-corrected chi connectivity index (χ3v) is 3.17. The van der Waals surface area contributed by atoms with E-state index in [2.05, 4.69) is 6.92 Å². The molecule has 1 rings (SSSR count). The van der Waals surface area contributed by atoms with Crippen molar-refractivity contribution in [2.75, 3.05) is 0 Å². The first kappa shape index (κ1) is 10.0. The van der Waals surface area contributed by atoms with Gasteiger partial charge in [0.2, 0.25) is 0 Å². The molecule has 1 fully saturated rings. The van der Waals surface area contributed by atoms with Crippen LogP contribution in [0.3, 0.4) is 0 Å². The summed E-state index contributed by atoms with van der Waals surface area (Å²) in [5.41, 5.74) is 0. The largest absolute Gasteiger partial charge is 0.393 e. The maximum atomic E-state index is 9.63. The summed E-state index contributed by atoms with van der Waals surface area (Å²) in [7, 11) is 0. The summed E-state index contributed by atoms with van der Waals surface area (Å²) < 4.78 is 0. The van der Waals surface area contributed by atoms with E-state index < -0.39 is 0 Å². The van der Waals surface area contributed by atoms with Crippen LogP contribution in [0.5, 0.6) is 0 Å². The van der Waals surface area contributed by atoms with Crippen LogP contribution >= 0.6 is 0 Å². The van der Waals surface area contributed by atoms with E-state index >= 15 is 0 Å². The lowest BCUT2D eigenvalue weighted by Crippen LogP contribution is -2.30. The minimum atomic E-state index is -0.271. The van der Waals surface area contributed by atoms with Gasteiger partial charge in [0.25, 0.3) is 0 Å². The monoisotopic (exact) mass is 172 g/mol. The van der Waals surface area contributed by atoms with Gasteiger partial charge in [-0.2, -0.15) is 0 Å². The van der Waals surface area contributed by atoms with Crippen LogP contribution in [-0.2, 0) is 0 Å². The summed E-state index contributed by atoms with van der Waals surface area (Å²) in [4.78, 5) is 0. The standard InChI is InChI=1S/C10H20O2/c1-3-8(7(2)11)9-5-4-6-10(9)12/h7-12H,3-6H2,1-2H3. The van der Waals surface area contributed by atoms with Crippen molar-refractivity contribution in [2.24, 2.45) is 11.8 Å². The van der Waals surface area contributed by atoms with E-state index in [0.717, 1.165) is 25.7 Å². The molecule has 0 heterocycles. The minimum absolute atomic E-state index is 0.162. The second-order valence-electron chi connectivity index (χ2n) is 3.97. The molecule has 1 aliphatic carbocycles. The lowest BCUT2D eigenvalue weighted by molar-refractivity contribution is 0.0292. The van der Waals surface area contributed by atoms with Gasteiger partial charge in [0, 0.05) is 0 Å². The summed E-state index contributed by atoms with van der Waals surface area (Å²) in [6, 6.07) is 0. The molecule has 72 valence electrons. The van der Waals surface area contributed by atoms with E-state index in [1.807, 2.05) is 6.92 Å². The van der Waals surface area contributed by atoms with Crippen LogP contribution in [0.1, 0.15) is 39.5 Å². The van der Waals surface area contributed by atoms with Crippen molar-refractivity contribution in [1.29, 1.82) is 0 Å². The van der Waals surface area contributed by atoms with E-state index in [9.17, 15) is 10.2 Å². The lowest BCUT2D eigenvalue weighted by atomic mass is 9.84. The second-order valence-corrected chi connectivity index (χ2v) is 3.97. The highest BCUT2D eigenvalue weighted by atomic mass is 16.3.